The summed E-state index contributed by atoms with van der Waals surface area (Å²) in [5, 5.41) is 10.3. The maximum Gasteiger partial charge on any atom is 0.254 e. The fraction of sp³-hybridized carbons (Fsp3) is 0.333. The Hall–Kier alpha value is -3.48. The van der Waals surface area contributed by atoms with Gasteiger partial charge in [-0.25, -0.2) is 0 Å². The van der Waals surface area contributed by atoms with Crippen molar-refractivity contribution in [2.75, 3.05) is 6.54 Å². The van der Waals surface area contributed by atoms with Crippen molar-refractivity contribution in [3.63, 3.8) is 0 Å². The molecule has 6 rings (SSSR count). The highest BCUT2D eigenvalue weighted by atomic mass is 16.2. The number of nitrogens with zero attached hydrogens (tertiary/aromatic N) is 6. The van der Waals surface area contributed by atoms with Crippen LogP contribution in [-0.2, 0) is 26.6 Å². The lowest BCUT2D eigenvalue weighted by Gasteiger charge is -2.27. The Morgan fingerprint density at radius 3 is 2.94 bits per heavy atom. The molecule has 0 spiro atoms. The Balaban J connectivity index is 1.28. The van der Waals surface area contributed by atoms with Gasteiger partial charge in [-0.1, -0.05) is 6.07 Å². The summed E-state index contributed by atoms with van der Waals surface area (Å²) < 4.78 is 4.08. The zero-order valence-corrected chi connectivity index (χ0v) is 17.5. The largest absolute Gasteiger partial charge is 0.332 e. The molecule has 1 fully saturated rings. The molecule has 3 aromatic heterocycles. The molecule has 7 nitrogen and oxygen atoms in total. The maximum atomic E-state index is 13.2. The molecule has 7 heteroatoms. The Morgan fingerprint density at radius 1 is 1.16 bits per heavy atom. The Kier molecular flexibility index (Phi) is 4.16. The van der Waals surface area contributed by atoms with E-state index in [2.05, 4.69) is 20.8 Å². The molecule has 1 aliphatic heterocycles. The Bertz CT molecular complexity index is 1300. The molecular weight excluding hydrogens is 388 g/mol. The van der Waals surface area contributed by atoms with E-state index in [9.17, 15) is 4.79 Å². The first-order valence-electron chi connectivity index (χ1n) is 10.9. The molecule has 4 heterocycles. The SMILES string of the molecule is Cn1nc2c(c1-c1ccnn1CC1CC1)CCN(C(=O)c1ccc3ncccc3c1)C2. The zero-order chi connectivity index (χ0) is 20.9. The molecule has 31 heavy (non-hydrogen) atoms. The van der Waals surface area contributed by atoms with Crippen molar-refractivity contribution in [1.82, 2.24) is 29.4 Å². The van der Waals surface area contributed by atoms with E-state index in [1.165, 1.54) is 18.4 Å². The van der Waals surface area contributed by atoms with Gasteiger partial charge in [0.25, 0.3) is 5.91 Å². The summed E-state index contributed by atoms with van der Waals surface area (Å²) in [6.07, 6.45) is 7.04. The minimum absolute atomic E-state index is 0.0439. The van der Waals surface area contributed by atoms with Gasteiger partial charge in [0.05, 0.1) is 29.1 Å². The van der Waals surface area contributed by atoms with Crippen LogP contribution in [0.3, 0.4) is 0 Å². The third-order valence-corrected chi connectivity index (χ3v) is 6.43. The van der Waals surface area contributed by atoms with Crippen LogP contribution in [0.5, 0.6) is 0 Å². The molecule has 0 radical (unpaired) electrons. The van der Waals surface area contributed by atoms with Gasteiger partial charge in [-0.15, -0.1) is 0 Å². The highest BCUT2D eigenvalue weighted by Crippen LogP contribution is 2.34. The van der Waals surface area contributed by atoms with Crippen molar-refractivity contribution >= 4 is 16.8 Å². The molecule has 4 aromatic rings. The molecule has 0 atom stereocenters. The van der Waals surface area contributed by atoms with Crippen LogP contribution < -0.4 is 0 Å². The number of amides is 1. The predicted octanol–water partition coefficient (Wildman–Crippen LogP) is 3.44. The van der Waals surface area contributed by atoms with Gasteiger partial charge in [0.1, 0.15) is 0 Å². The third kappa shape index (κ3) is 3.21. The summed E-state index contributed by atoms with van der Waals surface area (Å²) in [7, 11) is 1.99. The highest BCUT2D eigenvalue weighted by Gasteiger charge is 2.30. The summed E-state index contributed by atoms with van der Waals surface area (Å²) in [5.41, 5.74) is 6.09. The molecular formula is C24H24N6O. The van der Waals surface area contributed by atoms with Crippen LogP contribution in [0.2, 0.25) is 0 Å². The number of aryl methyl sites for hydroxylation is 1. The highest BCUT2D eigenvalue weighted by molar-refractivity contribution is 5.98. The fourth-order valence-corrected chi connectivity index (χ4v) is 4.63. The van der Waals surface area contributed by atoms with Crippen LogP contribution in [0.1, 0.15) is 34.5 Å². The Morgan fingerprint density at radius 2 is 2.06 bits per heavy atom. The molecule has 1 aromatic carbocycles. The molecule has 0 unspecified atom stereocenters. The van der Waals surface area contributed by atoms with E-state index < -0.39 is 0 Å². The second-order valence-corrected chi connectivity index (χ2v) is 8.63. The Labute approximate surface area is 180 Å². The number of fused-ring (bicyclic) bond motifs is 2. The molecule has 1 aliphatic carbocycles. The first kappa shape index (κ1) is 18.3. The number of carbonyl (C=O) groups excluding carboxylic acids is 1. The van der Waals surface area contributed by atoms with Gasteiger partial charge < -0.3 is 4.90 Å². The lowest BCUT2D eigenvalue weighted by Crippen LogP contribution is -2.36. The molecule has 0 bridgehead atoms. The maximum absolute atomic E-state index is 13.2. The van der Waals surface area contributed by atoms with Crippen LogP contribution in [0.4, 0.5) is 0 Å². The van der Waals surface area contributed by atoms with E-state index in [-0.39, 0.29) is 5.91 Å². The lowest BCUT2D eigenvalue weighted by molar-refractivity contribution is 0.0732. The summed E-state index contributed by atoms with van der Waals surface area (Å²) >= 11 is 0. The van der Waals surface area contributed by atoms with Gasteiger partial charge in [0.15, 0.2) is 0 Å². The monoisotopic (exact) mass is 412 g/mol. The molecule has 1 saturated carbocycles. The van der Waals surface area contributed by atoms with Crippen molar-refractivity contribution in [2.24, 2.45) is 13.0 Å². The standard InChI is InChI=1S/C24H24N6O/c1-28-23(22-8-11-26-30(22)14-16-4-5-16)19-9-12-29(15-21(19)27-28)24(31)18-6-7-20-17(13-18)3-2-10-25-20/h2-3,6-8,10-11,13,16H,4-5,9,12,14-15H2,1H3. The van der Waals surface area contributed by atoms with Crippen LogP contribution in [0.25, 0.3) is 22.3 Å². The average molecular weight is 412 g/mol. The zero-order valence-electron chi connectivity index (χ0n) is 17.5. The smallest absolute Gasteiger partial charge is 0.254 e. The number of hydrogen-bond donors (Lipinski definition) is 0. The number of hydrogen-bond acceptors (Lipinski definition) is 4. The van der Waals surface area contributed by atoms with Gasteiger partial charge in [0.2, 0.25) is 0 Å². The quantitative estimate of drug-likeness (QED) is 0.515. The summed E-state index contributed by atoms with van der Waals surface area (Å²) in [4.78, 5) is 19.5. The summed E-state index contributed by atoms with van der Waals surface area (Å²) in [5.74, 6) is 0.801. The van der Waals surface area contributed by atoms with Crippen molar-refractivity contribution in [3.8, 4) is 11.4 Å². The van der Waals surface area contributed by atoms with Gasteiger partial charge in [-0.2, -0.15) is 10.2 Å². The fourth-order valence-electron chi connectivity index (χ4n) is 4.63. The number of benzene rings is 1. The minimum Gasteiger partial charge on any atom is -0.332 e. The minimum atomic E-state index is 0.0439. The molecule has 1 amide bonds. The van der Waals surface area contributed by atoms with E-state index in [0.29, 0.717) is 18.7 Å². The van der Waals surface area contributed by atoms with Crippen molar-refractivity contribution in [3.05, 3.63) is 65.6 Å². The number of rotatable bonds is 4. The second-order valence-electron chi connectivity index (χ2n) is 8.63. The molecule has 0 saturated heterocycles. The number of pyridine rings is 1. The van der Waals surface area contributed by atoms with E-state index in [1.54, 1.807) is 6.20 Å². The van der Waals surface area contributed by atoms with Crippen molar-refractivity contribution in [2.45, 2.75) is 32.4 Å². The topological polar surface area (TPSA) is 68.8 Å². The molecule has 0 N–H and O–H groups in total. The summed E-state index contributed by atoms with van der Waals surface area (Å²) in [6, 6.07) is 11.7. The van der Waals surface area contributed by atoms with E-state index in [1.807, 2.05) is 53.2 Å². The predicted molar refractivity (Wildman–Crippen MR) is 117 cm³/mol. The van der Waals surface area contributed by atoms with Crippen molar-refractivity contribution in [1.29, 1.82) is 0 Å². The first-order valence-corrected chi connectivity index (χ1v) is 10.9. The van der Waals surface area contributed by atoms with Crippen LogP contribution >= 0.6 is 0 Å². The average Bonchev–Trinajstić information content (AvgIpc) is 3.40. The first-order chi connectivity index (χ1) is 15.2. The van der Waals surface area contributed by atoms with Gasteiger partial charge >= 0.3 is 0 Å². The van der Waals surface area contributed by atoms with Crippen LogP contribution in [-0.4, -0.2) is 41.9 Å². The normalized spacial score (nSPS) is 16.0. The van der Waals surface area contributed by atoms with Crippen molar-refractivity contribution < 1.29 is 4.79 Å². The molecule has 2 aliphatic rings. The van der Waals surface area contributed by atoms with E-state index in [4.69, 9.17) is 5.10 Å². The second kappa shape index (κ2) is 7.04. The van der Waals surface area contributed by atoms with E-state index >= 15 is 0 Å². The van der Waals surface area contributed by atoms with Gasteiger partial charge in [-0.05, 0) is 55.5 Å². The molecule has 156 valence electrons. The number of carbonyl (C=O) groups is 1. The summed E-state index contributed by atoms with van der Waals surface area (Å²) in [6.45, 7) is 2.19. The lowest BCUT2D eigenvalue weighted by atomic mass is 10.0. The van der Waals surface area contributed by atoms with Crippen LogP contribution in [0, 0.1) is 5.92 Å². The third-order valence-electron chi connectivity index (χ3n) is 6.43. The van der Waals surface area contributed by atoms with Gasteiger partial charge in [-0.3, -0.25) is 19.1 Å². The van der Waals surface area contributed by atoms with Crippen LogP contribution in [0.15, 0.2) is 48.8 Å². The van der Waals surface area contributed by atoms with E-state index in [0.717, 1.165) is 46.9 Å². The van der Waals surface area contributed by atoms with Gasteiger partial charge in [0, 0.05) is 49.0 Å². The number of aromatic nitrogens is 5.